The van der Waals surface area contributed by atoms with Crippen molar-refractivity contribution in [3.8, 4) is 0 Å². The van der Waals surface area contributed by atoms with Gasteiger partial charge in [-0.1, -0.05) is 41.9 Å². The molecule has 0 unspecified atom stereocenters. The first-order valence-electron chi connectivity index (χ1n) is 10.4. The Bertz CT molecular complexity index is 1490. The van der Waals surface area contributed by atoms with E-state index in [9.17, 15) is 14.0 Å². The van der Waals surface area contributed by atoms with Crippen LogP contribution in [0.3, 0.4) is 0 Å². The van der Waals surface area contributed by atoms with Crippen molar-refractivity contribution in [1.82, 2.24) is 9.88 Å². The van der Waals surface area contributed by atoms with E-state index < -0.39 is 5.91 Å². The van der Waals surface area contributed by atoms with Crippen LogP contribution >= 0.6 is 23.4 Å². The van der Waals surface area contributed by atoms with E-state index in [-0.39, 0.29) is 16.9 Å². The second-order valence-corrected chi connectivity index (χ2v) is 9.12. The van der Waals surface area contributed by atoms with Gasteiger partial charge in [-0.15, -0.1) is 0 Å². The predicted molar refractivity (Wildman–Crippen MR) is 134 cm³/mol. The zero-order valence-corrected chi connectivity index (χ0v) is 19.2. The van der Waals surface area contributed by atoms with Crippen LogP contribution in [0, 0.1) is 5.82 Å². The van der Waals surface area contributed by atoms with E-state index in [1.54, 1.807) is 36.4 Å². The van der Waals surface area contributed by atoms with Gasteiger partial charge in [-0.3, -0.25) is 9.59 Å². The van der Waals surface area contributed by atoms with Gasteiger partial charge in [0.1, 0.15) is 5.82 Å². The lowest BCUT2D eigenvalue weighted by molar-refractivity contribution is -0.115. The number of aliphatic imine (C=N–C) groups is 1. The number of amidine groups is 1. The Morgan fingerprint density at radius 2 is 1.88 bits per heavy atom. The van der Waals surface area contributed by atoms with E-state index in [1.165, 1.54) is 12.1 Å². The Labute approximate surface area is 204 Å². The van der Waals surface area contributed by atoms with E-state index in [2.05, 4.69) is 10.3 Å². The molecule has 34 heavy (non-hydrogen) atoms. The number of hydrogen-bond acceptors (Lipinski definition) is 3. The van der Waals surface area contributed by atoms with Crippen molar-refractivity contribution >= 4 is 57.3 Å². The zero-order valence-electron chi connectivity index (χ0n) is 17.7. The first-order valence-corrected chi connectivity index (χ1v) is 11.6. The van der Waals surface area contributed by atoms with E-state index >= 15 is 0 Å². The normalized spacial score (nSPS) is 15.9. The highest BCUT2D eigenvalue weighted by atomic mass is 35.5. The molecule has 0 spiro atoms. The second kappa shape index (κ2) is 9.29. The number of rotatable bonds is 4. The van der Waals surface area contributed by atoms with Crippen LogP contribution in [0.5, 0.6) is 0 Å². The van der Waals surface area contributed by atoms with Crippen molar-refractivity contribution in [3.63, 3.8) is 0 Å². The number of nitrogens with one attached hydrogen (secondary N) is 1. The molecule has 0 bridgehead atoms. The van der Waals surface area contributed by atoms with Gasteiger partial charge < -0.3 is 9.88 Å². The van der Waals surface area contributed by atoms with Gasteiger partial charge in [-0.2, -0.15) is 4.99 Å². The average molecular weight is 490 g/mol. The molecule has 8 heteroatoms. The maximum Gasteiger partial charge on any atom is 0.279 e. The zero-order chi connectivity index (χ0) is 23.7. The van der Waals surface area contributed by atoms with Gasteiger partial charge in [0, 0.05) is 39.8 Å². The van der Waals surface area contributed by atoms with Gasteiger partial charge >= 0.3 is 0 Å². The summed E-state index contributed by atoms with van der Waals surface area (Å²) in [6.45, 7) is 0.489. The number of halogens is 2. The van der Waals surface area contributed by atoms with Gasteiger partial charge in [-0.25, -0.2) is 4.39 Å². The highest BCUT2D eigenvalue weighted by Crippen LogP contribution is 2.30. The Morgan fingerprint density at radius 1 is 1.09 bits per heavy atom. The van der Waals surface area contributed by atoms with Crippen molar-refractivity contribution < 1.29 is 14.0 Å². The number of carbonyl (C=O) groups excluding carboxylic acids is 2. The smallest absolute Gasteiger partial charge is 0.279 e. The van der Waals surface area contributed by atoms with Crippen LogP contribution in [-0.2, 0) is 11.3 Å². The molecule has 2 amide bonds. The van der Waals surface area contributed by atoms with Crippen molar-refractivity contribution in [1.29, 1.82) is 0 Å². The number of aromatic nitrogens is 1. The first kappa shape index (κ1) is 22.1. The number of carbonyl (C=O) groups is 2. The van der Waals surface area contributed by atoms with Crippen LogP contribution in [-0.4, -0.2) is 21.5 Å². The highest BCUT2D eigenvalue weighted by Gasteiger charge is 2.25. The standard InChI is InChI=1S/C26H17ClFN3O2S/c27-19-10-8-17(9-11-19)24(32)29-26-30-25(33)23(34-26)13-18-15-31(22-7-2-1-6-21(18)22)14-16-4-3-5-20(28)12-16/h1-13,15H,14H2,(H,29,30,32,33)/b23-13-. The topological polar surface area (TPSA) is 63.5 Å². The summed E-state index contributed by atoms with van der Waals surface area (Å²) in [6, 6.07) is 20.7. The third-order valence-corrected chi connectivity index (χ3v) is 6.45. The van der Waals surface area contributed by atoms with Crippen molar-refractivity contribution in [3.05, 3.63) is 111 Å². The SMILES string of the molecule is O=C1NC(=NC(=O)c2ccc(Cl)cc2)S/C1=C\c1cn(Cc2cccc(F)c2)c2ccccc12. The summed E-state index contributed by atoms with van der Waals surface area (Å²) in [6.07, 6.45) is 3.71. The lowest BCUT2D eigenvalue weighted by Crippen LogP contribution is -2.20. The summed E-state index contributed by atoms with van der Waals surface area (Å²) in [4.78, 5) is 29.4. The Kier molecular flexibility index (Phi) is 6.04. The fourth-order valence-electron chi connectivity index (χ4n) is 3.72. The Hall–Kier alpha value is -3.68. The molecular weight excluding hydrogens is 473 g/mol. The van der Waals surface area contributed by atoms with Crippen molar-refractivity contribution in [2.45, 2.75) is 6.54 Å². The highest BCUT2D eigenvalue weighted by molar-refractivity contribution is 8.18. The molecule has 1 aliphatic heterocycles. The van der Waals surface area contributed by atoms with Gasteiger partial charge in [0.2, 0.25) is 0 Å². The molecule has 5 rings (SSSR count). The maximum absolute atomic E-state index is 13.6. The summed E-state index contributed by atoms with van der Waals surface area (Å²) in [5, 5.41) is 4.35. The minimum atomic E-state index is -0.465. The quantitative estimate of drug-likeness (QED) is 0.364. The van der Waals surface area contributed by atoms with Crippen molar-refractivity contribution in [2.24, 2.45) is 4.99 Å². The molecular formula is C26H17ClFN3O2S. The largest absolute Gasteiger partial charge is 0.342 e. The average Bonchev–Trinajstić information content (AvgIpc) is 3.34. The predicted octanol–water partition coefficient (Wildman–Crippen LogP) is 5.88. The van der Waals surface area contributed by atoms with Gasteiger partial charge in [0.15, 0.2) is 5.17 Å². The van der Waals surface area contributed by atoms with Crippen molar-refractivity contribution in [2.75, 3.05) is 0 Å². The molecule has 1 aliphatic rings. The molecule has 2 heterocycles. The molecule has 0 aliphatic carbocycles. The number of benzene rings is 3. The molecule has 5 nitrogen and oxygen atoms in total. The minimum absolute atomic E-state index is 0.222. The minimum Gasteiger partial charge on any atom is -0.342 e. The summed E-state index contributed by atoms with van der Waals surface area (Å²) < 4.78 is 15.7. The van der Waals surface area contributed by atoms with E-state index in [1.807, 2.05) is 41.1 Å². The number of para-hydroxylation sites is 1. The fraction of sp³-hybridized carbons (Fsp3) is 0.0385. The molecule has 1 fully saturated rings. The third kappa shape index (κ3) is 4.66. The third-order valence-electron chi connectivity index (χ3n) is 5.29. The van der Waals surface area contributed by atoms with E-state index in [4.69, 9.17) is 11.6 Å². The molecule has 0 radical (unpaired) electrons. The second-order valence-electron chi connectivity index (χ2n) is 7.65. The fourth-order valence-corrected chi connectivity index (χ4v) is 4.66. The number of amides is 2. The summed E-state index contributed by atoms with van der Waals surface area (Å²) in [5.41, 5.74) is 3.02. The number of thioether (sulfide) groups is 1. The van der Waals surface area contributed by atoms with Gasteiger partial charge in [-0.05, 0) is 65.9 Å². The van der Waals surface area contributed by atoms with Gasteiger partial charge in [0.05, 0.1) is 4.91 Å². The molecule has 1 aromatic heterocycles. The molecule has 0 atom stereocenters. The van der Waals surface area contributed by atoms with E-state index in [0.717, 1.165) is 33.8 Å². The van der Waals surface area contributed by atoms with Crippen LogP contribution in [0.4, 0.5) is 4.39 Å². The lowest BCUT2D eigenvalue weighted by atomic mass is 10.1. The number of hydrogen-bond donors (Lipinski definition) is 1. The Morgan fingerprint density at radius 3 is 2.68 bits per heavy atom. The molecule has 3 aromatic carbocycles. The maximum atomic E-state index is 13.6. The molecule has 1 saturated heterocycles. The molecule has 168 valence electrons. The number of nitrogens with zero attached hydrogens (tertiary/aromatic N) is 2. The molecule has 1 N–H and O–H groups in total. The molecule has 0 saturated carbocycles. The summed E-state index contributed by atoms with van der Waals surface area (Å²) >= 11 is 6.97. The van der Waals surface area contributed by atoms with Crippen LogP contribution in [0.2, 0.25) is 5.02 Å². The lowest BCUT2D eigenvalue weighted by Gasteiger charge is -2.05. The van der Waals surface area contributed by atoms with Crippen LogP contribution in [0.25, 0.3) is 17.0 Å². The van der Waals surface area contributed by atoms with Crippen LogP contribution in [0.15, 0.2) is 88.9 Å². The molecule has 4 aromatic rings. The number of fused-ring (bicyclic) bond motifs is 1. The first-order chi connectivity index (χ1) is 16.5. The van der Waals surface area contributed by atoms with Crippen LogP contribution in [0.1, 0.15) is 21.5 Å². The van der Waals surface area contributed by atoms with Gasteiger partial charge in [0.25, 0.3) is 11.8 Å². The summed E-state index contributed by atoms with van der Waals surface area (Å²) in [5.74, 6) is -1.07. The Balaban J connectivity index is 1.43. The monoisotopic (exact) mass is 489 g/mol. The van der Waals surface area contributed by atoms with Crippen LogP contribution < -0.4 is 5.32 Å². The summed E-state index contributed by atoms with van der Waals surface area (Å²) in [7, 11) is 0. The van der Waals surface area contributed by atoms with E-state index in [0.29, 0.717) is 22.0 Å².